The fourth-order valence-corrected chi connectivity index (χ4v) is 2.58. The van der Waals surface area contributed by atoms with Crippen LogP contribution in [0.25, 0.3) is 0 Å². The number of carboxylic acids is 1. The Morgan fingerprint density at radius 2 is 1.79 bits per heavy atom. The van der Waals surface area contributed by atoms with Gasteiger partial charge >= 0.3 is 5.97 Å². The number of carbonyl (C=O) groups is 2. The molecule has 1 aliphatic heterocycles. The third-order valence-corrected chi connectivity index (χ3v) is 3.67. The number of nitrogens with zero attached hydrogens (tertiary/aromatic N) is 2. The summed E-state index contributed by atoms with van der Waals surface area (Å²) in [7, 11) is 0. The predicted molar refractivity (Wildman–Crippen MR) is 74.0 cm³/mol. The van der Waals surface area contributed by atoms with E-state index in [9.17, 15) is 9.59 Å². The molecule has 0 aromatic heterocycles. The molecular formula is C14H26N2O3. The molecule has 19 heavy (non-hydrogen) atoms. The quantitative estimate of drug-likeness (QED) is 0.796. The fourth-order valence-electron chi connectivity index (χ4n) is 2.58. The van der Waals surface area contributed by atoms with E-state index in [1.165, 1.54) is 12.8 Å². The number of amides is 1. The minimum atomic E-state index is -0.871. The molecule has 1 fully saturated rings. The van der Waals surface area contributed by atoms with Crippen LogP contribution < -0.4 is 0 Å². The Bertz CT molecular complexity index is 299. The molecular weight excluding hydrogens is 244 g/mol. The van der Waals surface area contributed by atoms with Gasteiger partial charge in [0.1, 0.15) is 0 Å². The Hall–Kier alpha value is -1.10. The molecule has 1 heterocycles. The Morgan fingerprint density at radius 3 is 2.26 bits per heavy atom. The maximum Gasteiger partial charge on any atom is 0.317 e. The largest absolute Gasteiger partial charge is 0.480 e. The lowest BCUT2D eigenvalue weighted by atomic mass is 10.2. The van der Waals surface area contributed by atoms with Crippen LogP contribution in [0.15, 0.2) is 0 Å². The summed E-state index contributed by atoms with van der Waals surface area (Å²) in [6.45, 7) is 6.04. The highest BCUT2D eigenvalue weighted by Crippen LogP contribution is 2.13. The molecule has 1 aliphatic rings. The van der Waals surface area contributed by atoms with E-state index in [1.807, 2.05) is 18.7 Å². The average molecular weight is 270 g/mol. The number of hydrogen-bond acceptors (Lipinski definition) is 3. The Labute approximate surface area is 115 Å². The maximum absolute atomic E-state index is 12.4. The van der Waals surface area contributed by atoms with Gasteiger partial charge in [0.25, 0.3) is 0 Å². The molecule has 0 radical (unpaired) electrons. The topological polar surface area (TPSA) is 60.9 Å². The molecule has 1 unspecified atom stereocenters. The highest BCUT2D eigenvalue weighted by atomic mass is 16.4. The first kappa shape index (κ1) is 16.0. The van der Waals surface area contributed by atoms with Crippen LogP contribution in [0.2, 0.25) is 0 Å². The van der Waals surface area contributed by atoms with Crippen molar-refractivity contribution in [2.75, 3.05) is 26.2 Å². The third-order valence-electron chi connectivity index (χ3n) is 3.67. The summed E-state index contributed by atoms with van der Waals surface area (Å²) in [6.07, 6.45) is 5.35. The number of rotatable bonds is 6. The van der Waals surface area contributed by atoms with Gasteiger partial charge in [-0.3, -0.25) is 14.5 Å². The van der Waals surface area contributed by atoms with E-state index < -0.39 is 5.97 Å². The highest BCUT2D eigenvalue weighted by Gasteiger charge is 2.27. The van der Waals surface area contributed by atoms with Crippen molar-refractivity contribution in [2.24, 2.45) is 0 Å². The fraction of sp³-hybridized carbons (Fsp3) is 0.857. The van der Waals surface area contributed by atoms with Crippen LogP contribution in [0, 0.1) is 0 Å². The van der Waals surface area contributed by atoms with E-state index in [0.717, 1.165) is 32.4 Å². The molecule has 0 bridgehead atoms. The first-order valence-electron chi connectivity index (χ1n) is 7.31. The summed E-state index contributed by atoms with van der Waals surface area (Å²) in [6, 6.07) is -0.339. The standard InChI is InChI=1S/C14H26N2O3/c1-3-8-16(11-13(17)18)12(2)14(19)15-9-6-4-5-7-10-15/h12H,3-11H2,1-2H3,(H,17,18). The normalized spacial score (nSPS) is 18.2. The minimum absolute atomic E-state index is 0.0609. The average Bonchev–Trinajstić information content (AvgIpc) is 2.64. The Morgan fingerprint density at radius 1 is 1.21 bits per heavy atom. The smallest absolute Gasteiger partial charge is 0.317 e. The molecule has 1 amide bonds. The molecule has 5 nitrogen and oxygen atoms in total. The number of aliphatic carboxylic acids is 1. The summed E-state index contributed by atoms with van der Waals surface area (Å²) in [5.74, 6) is -0.791. The zero-order valence-corrected chi connectivity index (χ0v) is 12.1. The minimum Gasteiger partial charge on any atom is -0.480 e. The molecule has 0 aromatic carbocycles. The van der Waals surface area contributed by atoms with Crippen LogP contribution in [-0.4, -0.2) is 59.0 Å². The molecule has 110 valence electrons. The van der Waals surface area contributed by atoms with E-state index in [-0.39, 0.29) is 18.5 Å². The Balaban J connectivity index is 2.62. The highest BCUT2D eigenvalue weighted by molar-refractivity contribution is 5.82. The SMILES string of the molecule is CCCN(CC(=O)O)C(C)C(=O)N1CCCCCC1. The van der Waals surface area contributed by atoms with Crippen molar-refractivity contribution in [1.82, 2.24) is 9.80 Å². The van der Waals surface area contributed by atoms with Gasteiger partial charge in [-0.25, -0.2) is 0 Å². The van der Waals surface area contributed by atoms with Gasteiger partial charge in [0.2, 0.25) is 5.91 Å². The molecule has 0 saturated carbocycles. The first-order valence-corrected chi connectivity index (χ1v) is 7.31. The van der Waals surface area contributed by atoms with Crippen LogP contribution >= 0.6 is 0 Å². The van der Waals surface area contributed by atoms with Crippen molar-refractivity contribution >= 4 is 11.9 Å². The van der Waals surface area contributed by atoms with Gasteiger partial charge in [0, 0.05) is 13.1 Å². The van der Waals surface area contributed by atoms with Crippen LogP contribution in [0.3, 0.4) is 0 Å². The molecule has 1 rings (SSSR count). The Kier molecular flexibility index (Phi) is 6.84. The number of hydrogen-bond donors (Lipinski definition) is 1. The number of carboxylic acid groups (broad SMARTS) is 1. The van der Waals surface area contributed by atoms with Gasteiger partial charge in [0.05, 0.1) is 12.6 Å². The summed E-state index contributed by atoms with van der Waals surface area (Å²) in [5, 5.41) is 8.93. The lowest BCUT2D eigenvalue weighted by Crippen LogP contribution is -2.49. The third kappa shape index (κ3) is 5.19. The lowest BCUT2D eigenvalue weighted by molar-refractivity contribution is -0.142. The van der Waals surface area contributed by atoms with E-state index in [4.69, 9.17) is 5.11 Å². The molecule has 1 atom stereocenters. The van der Waals surface area contributed by atoms with Gasteiger partial charge in [-0.1, -0.05) is 19.8 Å². The van der Waals surface area contributed by atoms with Gasteiger partial charge in [0.15, 0.2) is 0 Å². The van der Waals surface area contributed by atoms with Crippen LogP contribution in [0.4, 0.5) is 0 Å². The van der Waals surface area contributed by atoms with Crippen molar-refractivity contribution < 1.29 is 14.7 Å². The molecule has 0 spiro atoms. The summed E-state index contributed by atoms with van der Waals surface area (Å²) in [4.78, 5) is 27.0. The van der Waals surface area contributed by atoms with E-state index in [0.29, 0.717) is 6.54 Å². The molecule has 1 N–H and O–H groups in total. The predicted octanol–water partition coefficient (Wildman–Crippen LogP) is 1.57. The van der Waals surface area contributed by atoms with Crippen molar-refractivity contribution in [3.63, 3.8) is 0 Å². The second-order valence-electron chi connectivity index (χ2n) is 5.28. The van der Waals surface area contributed by atoms with E-state index in [1.54, 1.807) is 4.90 Å². The van der Waals surface area contributed by atoms with Gasteiger partial charge in [-0.15, -0.1) is 0 Å². The summed E-state index contributed by atoms with van der Waals surface area (Å²) < 4.78 is 0. The zero-order valence-electron chi connectivity index (χ0n) is 12.1. The van der Waals surface area contributed by atoms with Crippen LogP contribution in [0.1, 0.15) is 46.0 Å². The first-order chi connectivity index (χ1) is 9.06. The lowest BCUT2D eigenvalue weighted by Gasteiger charge is -2.31. The van der Waals surface area contributed by atoms with Gasteiger partial charge in [-0.05, 0) is 32.7 Å². The van der Waals surface area contributed by atoms with Crippen molar-refractivity contribution in [3.8, 4) is 0 Å². The second-order valence-corrected chi connectivity index (χ2v) is 5.28. The van der Waals surface area contributed by atoms with Crippen molar-refractivity contribution in [2.45, 2.75) is 52.0 Å². The molecule has 5 heteroatoms. The summed E-state index contributed by atoms with van der Waals surface area (Å²) in [5.41, 5.74) is 0. The number of carbonyl (C=O) groups excluding carboxylic acids is 1. The monoisotopic (exact) mass is 270 g/mol. The maximum atomic E-state index is 12.4. The second kappa shape index (κ2) is 8.15. The van der Waals surface area contributed by atoms with Crippen molar-refractivity contribution in [3.05, 3.63) is 0 Å². The van der Waals surface area contributed by atoms with Gasteiger partial charge < -0.3 is 10.0 Å². The van der Waals surface area contributed by atoms with Crippen molar-refractivity contribution in [1.29, 1.82) is 0 Å². The van der Waals surface area contributed by atoms with E-state index >= 15 is 0 Å². The molecule has 1 saturated heterocycles. The summed E-state index contributed by atoms with van der Waals surface area (Å²) >= 11 is 0. The number of likely N-dealkylation sites (tertiary alicyclic amines) is 1. The molecule has 0 aliphatic carbocycles. The zero-order chi connectivity index (χ0) is 14.3. The molecule has 0 aromatic rings. The van der Waals surface area contributed by atoms with Crippen LogP contribution in [0.5, 0.6) is 0 Å². The van der Waals surface area contributed by atoms with Gasteiger partial charge in [-0.2, -0.15) is 0 Å². The van der Waals surface area contributed by atoms with E-state index in [2.05, 4.69) is 0 Å². The van der Waals surface area contributed by atoms with Crippen LogP contribution in [-0.2, 0) is 9.59 Å².